The fraction of sp³-hybridized carbons (Fsp3) is 0.696. The van der Waals surface area contributed by atoms with Gasteiger partial charge in [-0.3, -0.25) is 4.79 Å². The average molecular weight is 517 g/mol. The van der Waals surface area contributed by atoms with Gasteiger partial charge in [-0.15, -0.1) is 11.3 Å². The summed E-state index contributed by atoms with van der Waals surface area (Å²) in [5.74, 6) is 0.764. The topological polar surface area (TPSA) is 67.4 Å². The smallest absolute Gasteiger partial charge is 0.422 e. The summed E-state index contributed by atoms with van der Waals surface area (Å²) in [7, 11) is 0. The van der Waals surface area contributed by atoms with Crippen molar-refractivity contribution < 1.29 is 22.7 Å². The van der Waals surface area contributed by atoms with Crippen molar-refractivity contribution in [2.75, 3.05) is 26.2 Å². The Morgan fingerprint density at radius 2 is 1.97 bits per heavy atom. The zero-order chi connectivity index (χ0) is 24.1. The van der Waals surface area contributed by atoms with E-state index >= 15 is 0 Å². The van der Waals surface area contributed by atoms with E-state index in [9.17, 15) is 18.0 Å². The van der Waals surface area contributed by atoms with Gasteiger partial charge in [-0.1, -0.05) is 11.3 Å². The van der Waals surface area contributed by atoms with Gasteiger partial charge in [0.05, 0.1) is 17.1 Å². The second kappa shape index (κ2) is 11.3. The molecule has 0 aromatic carbocycles. The van der Waals surface area contributed by atoms with Crippen LogP contribution in [0.25, 0.3) is 0 Å². The van der Waals surface area contributed by atoms with Gasteiger partial charge < -0.3 is 15.0 Å². The lowest BCUT2D eigenvalue weighted by Gasteiger charge is -2.30. The molecule has 0 spiro atoms. The number of thiazole rings is 2. The van der Waals surface area contributed by atoms with E-state index in [1.54, 1.807) is 17.5 Å². The SMILES string of the molecule is Cc1ncc(CC(=O)NC2CCC(CCN3CCc4nc(OCC(F)(F)F)sc4CC3)CC2)s1. The number of rotatable bonds is 8. The Hall–Kier alpha value is -1.72. The lowest BCUT2D eigenvalue weighted by Crippen LogP contribution is -2.38. The largest absolute Gasteiger partial charge is 0.460 e. The number of aryl methyl sites for hydroxylation is 1. The van der Waals surface area contributed by atoms with Crippen LogP contribution in [0.15, 0.2) is 6.20 Å². The van der Waals surface area contributed by atoms with Gasteiger partial charge in [0.15, 0.2) is 6.61 Å². The third kappa shape index (κ3) is 7.64. The Morgan fingerprint density at radius 1 is 1.21 bits per heavy atom. The molecule has 1 saturated carbocycles. The molecule has 2 aromatic heterocycles. The van der Waals surface area contributed by atoms with E-state index in [1.165, 1.54) is 11.3 Å². The van der Waals surface area contributed by atoms with E-state index in [1.807, 2.05) is 6.92 Å². The first-order valence-corrected chi connectivity index (χ1v) is 13.5. The number of alkyl halides is 3. The molecule has 1 N–H and O–H groups in total. The van der Waals surface area contributed by atoms with E-state index in [0.29, 0.717) is 12.3 Å². The minimum atomic E-state index is -4.34. The first-order valence-electron chi connectivity index (χ1n) is 11.8. The van der Waals surface area contributed by atoms with E-state index < -0.39 is 12.8 Å². The molecular formula is C23H31F3N4O2S2. The fourth-order valence-electron chi connectivity index (χ4n) is 4.70. The summed E-state index contributed by atoms with van der Waals surface area (Å²) in [6, 6.07) is 0.270. The number of amides is 1. The normalized spacial score (nSPS) is 21.6. The van der Waals surface area contributed by atoms with Crippen molar-refractivity contribution in [1.29, 1.82) is 0 Å². The third-order valence-corrected chi connectivity index (χ3v) is 8.49. The number of aromatic nitrogens is 2. The van der Waals surface area contributed by atoms with Crippen LogP contribution in [0.5, 0.6) is 5.19 Å². The number of carbonyl (C=O) groups excluding carboxylic acids is 1. The number of nitrogens with one attached hydrogen (secondary N) is 1. The van der Waals surface area contributed by atoms with Crippen LogP contribution in [0.3, 0.4) is 0 Å². The van der Waals surface area contributed by atoms with Crippen molar-refractivity contribution >= 4 is 28.6 Å². The number of hydrogen-bond acceptors (Lipinski definition) is 7. The number of nitrogens with zero attached hydrogens (tertiary/aromatic N) is 3. The Kier molecular flexibility index (Phi) is 8.47. The molecular weight excluding hydrogens is 485 g/mol. The zero-order valence-electron chi connectivity index (χ0n) is 19.3. The quantitative estimate of drug-likeness (QED) is 0.557. The summed E-state index contributed by atoms with van der Waals surface area (Å²) in [5.41, 5.74) is 0.884. The summed E-state index contributed by atoms with van der Waals surface area (Å²) >= 11 is 2.82. The van der Waals surface area contributed by atoms with Gasteiger partial charge in [-0.25, -0.2) is 9.97 Å². The van der Waals surface area contributed by atoms with E-state index in [4.69, 9.17) is 4.74 Å². The van der Waals surface area contributed by atoms with Gasteiger partial charge in [-0.05, 0) is 57.9 Å². The summed E-state index contributed by atoms with van der Waals surface area (Å²) in [5, 5.41) is 4.30. The van der Waals surface area contributed by atoms with Crippen LogP contribution in [-0.4, -0.2) is 59.2 Å². The number of carbonyl (C=O) groups is 1. The van der Waals surface area contributed by atoms with E-state index in [-0.39, 0.29) is 17.1 Å². The molecule has 1 aliphatic heterocycles. The molecule has 1 amide bonds. The van der Waals surface area contributed by atoms with Crippen molar-refractivity contribution in [2.45, 2.75) is 70.5 Å². The van der Waals surface area contributed by atoms with Gasteiger partial charge in [0.25, 0.3) is 5.19 Å². The zero-order valence-corrected chi connectivity index (χ0v) is 21.0. The maximum absolute atomic E-state index is 12.4. The minimum Gasteiger partial charge on any atom is -0.460 e. The van der Waals surface area contributed by atoms with E-state index in [2.05, 4.69) is 20.2 Å². The summed E-state index contributed by atoms with van der Waals surface area (Å²) in [6.45, 7) is 3.46. The Balaban J connectivity index is 1.13. The van der Waals surface area contributed by atoms with Crippen molar-refractivity contribution in [3.63, 3.8) is 0 Å². The van der Waals surface area contributed by atoms with Crippen molar-refractivity contribution in [1.82, 2.24) is 20.2 Å². The van der Waals surface area contributed by atoms with Gasteiger partial charge in [0.2, 0.25) is 5.91 Å². The number of hydrogen-bond donors (Lipinski definition) is 1. The van der Waals surface area contributed by atoms with Crippen molar-refractivity contribution in [2.24, 2.45) is 5.92 Å². The molecule has 11 heteroatoms. The molecule has 0 bridgehead atoms. The summed E-state index contributed by atoms with van der Waals surface area (Å²) in [4.78, 5) is 25.3. The maximum atomic E-state index is 12.4. The standard InChI is InChI=1S/C23H31F3N4O2S2/c1-15-27-13-18(33-15)12-21(31)28-17-4-2-16(3-5-17)6-9-30-10-7-19-20(8-11-30)34-22(29-19)32-14-23(24,25)26/h13,16-17H,2-12,14H2,1H3,(H,28,31). The molecule has 0 saturated heterocycles. The van der Waals surface area contributed by atoms with E-state index in [0.717, 1.165) is 85.0 Å². The third-order valence-electron chi connectivity index (χ3n) is 6.51. The molecule has 2 aromatic rings. The molecule has 34 heavy (non-hydrogen) atoms. The highest BCUT2D eigenvalue weighted by molar-refractivity contribution is 7.13. The Labute approximate surface area is 205 Å². The molecule has 0 atom stereocenters. The van der Waals surface area contributed by atoms with Gasteiger partial charge in [0.1, 0.15) is 0 Å². The molecule has 1 aliphatic carbocycles. The molecule has 4 rings (SSSR count). The van der Waals surface area contributed by atoms with Crippen LogP contribution in [0.4, 0.5) is 13.2 Å². The van der Waals surface area contributed by atoms with Crippen LogP contribution in [-0.2, 0) is 24.1 Å². The van der Waals surface area contributed by atoms with Crippen LogP contribution in [0.2, 0.25) is 0 Å². The summed E-state index contributed by atoms with van der Waals surface area (Å²) < 4.78 is 41.9. The highest BCUT2D eigenvalue weighted by Gasteiger charge is 2.30. The monoisotopic (exact) mass is 516 g/mol. The van der Waals surface area contributed by atoms with Crippen molar-refractivity contribution in [3.05, 3.63) is 26.7 Å². The van der Waals surface area contributed by atoms with Gasteiger partial charge in [-0.2, -0.15) is 13.2 Å². The summed E-state index contributed by atoms with van der Waals surface area (Å²) in [6.07, 6.45) is 4.87. The molecule has 0 radical (unpaired) electrons. The van der Waals surface area contributed by atoms with Crippen LogP contribution >= 0.6 is 22.7 Å². The van der Waals surface area contributed by atoms with Crippen LogP contribution in [0, 0.1) is 12.8 Å². The van der Waals surface area contributed by atoms with Crippen LogP contribution < -0.4 is 10.1 Å². The first kappa shape index (κ1) is 25.4. The molecule has 188 valence electrons. The Bertz CT molecular complexity index is 929. The van der Waals surface area contributed by atoms with Crippen molar-refractivity contribution in [3.8, 4) is 5.19 Å². The molecule has 1 fully saturated rings. The highest BCUT2D eigenvalue weighted by atomic mass is 32.1. The number of fused-ring (bicyclic) bond motifs is 1. The average Bonchev–Trinajstić information content (AvgIpc) is 3.32. The molecule has 2 aliphatic rings. The predicted octanol–water partition coefficient (Wildman–Crippen LogP) is 4.56. The predicted molar refractivity (Wildman–Crippen MR) is 127 cm³/mol. The second-order valence-corrected chi connectivity index (χ2v) is 11.6. The maximum Gasteiger partial charge on any atom is 0.422 e. The second-order valence-electron chi connectivity index (χ2n) is 9.19. The lowest BCUT2D eigenvalue weighted by molar-refractivity contribution is -0.153. The fourth-order valence-corrected chi connectivity index (χ4v) is 6.44. The van der Waals surface area contributed by atoms with Gasteiger partial charge in [0, 0.05) is 41.5 Å². The van der Waals surface area contributed by atoms with Gasteiger partial charge >= 0.3 is 6.18 Å². The molecule has 6 nitrogen and oxygen atoms in total. The number of halogens is 3. The Morgan fingerprint density at radius 3 is 2.68 bits per heavy atom. The molecule has 0 unspecified atom stereocenters. The highest BCUT2D eigenvalue weighted by Crippen LogP contribution is 2.31. The number of ether oxygens (including phenoxy) is 1. The van der Waals surface area contributed by atoms with Crippen LogP contribution in [0.1, 0.15) is 52.6 Å². The molecule has 3 heterocycles. The minimum absolute atomic E-state index is 0.0877. The lowest BCUT2D eigenvalue weighted by atomic mass is 9.84. The first-order chi connectivity index (χ1) is 16.2.